The predicted molar refractivity (Wildman–Crippen MR) is 84.5 cm³/mol. The monoisotopic (exact) mass is 321 g/mol. The van der Waals surface area contributed by atoms with E-state index in [4.69, 9.17) is 11.6 Å². The number of hydrogen-bond acceptors (Lipinski definition) is 3. The van der Waals surface area contributed by atoms with Crippen LogP contribution < -0.4 is 5.32 Å². The molecule has 2 atom stereocenters. The standard InChI is InChI=1S/C16H20ClN3O2/c1-19-10-11(8-15(19)21)16(22)20-7-6-18-9-14(20)12-4-2-3-5-13(12)17/h2-5,11,14,18H,6-10H2,1H3. The second-order valence-electron chi connectivity index (χ2n) is 5.95. The zero-order chi connectivity index (χ0) is 15.7. The Balaban J connectivity index is 1.83. The Morgan fingerprint density at radius 1 is 1.36 bits per heavy atom. The molecule has 0 aromatic heterocycles. The number of benzene rings is 1. The van der Waals surface area contributed by atoms with Crippen LogP contribution in [0.3, 0.4) is 0 Å². The van der Waals surface area contributed by atoms with E-state index in [1.165, 1.54) is 0 Å². The van der Waals surface area contributed by atoms with Crippen LogP contribution >= 0.6 is 11.6 Å². The number of piperazine rings is 1. The van der Waals surface area contributed by atoms with E-state index in [1.54, 1.807) is 11.9 Å². The van der Waals surface area contributed by atoms with E-state index in [0.717, 1.165) is 12.1 Å². The van der Waals surface area contributed by atoms with Crippen LogP contribution in [0.1, 0.15) is 18.0 Å². The summed E-state index contributed by atoms with van der Waals surface area (Å²) in [6, 6.07) is 7.56. The minimum atomic E-state index is -0.236. The van der Waals surface area contributed by atoms with Crippen LogP contribution in [0.5, 0.6) is 0 Å². The van der Waals surface area contributed by atoms with Gasteiger partial charge in [-0.1, -0.05) is 29.8 Å². The van der Waals surface area contributed by atoms with Gasteiger partial charge in [-0.15, -0.1) is 0 Å². The molecule has 3 rings (SSSR count). The van der Waals surface area contributed by atoms with Gasteiger partial charge in [-0.25, -0.2) is 0 Å². The van der Waals surface area contributed by atoms with Gasteiger partial charge in [0, 0.05) is 44.7 Å². The van der Waals surface area contributed by atoms with Gasteiger partial charge in [0.15, 0.2) is 0 Å². The van der Waals surface area contributed by atoms with Crippen molar-refractivity contribution in [1.29, 1.82) is 0 Å². The third-order valence-electron chi connectivity index (χ3n) is 4.48. The van der Waals surface area contributed by atoms with E-state index in [2.05, 4.69) is 5.32 Å². The van der Waals surface area contributed by atoms with Crippen molar-refractivity contribution < 1.29 is 9.59 Å². The molecule has 2 aliphatic rings. The van der Waals surface area contributed by atoms with Crippen LogP contribution in [0.2, 0.25) is 5.02 Å². The molecule has 6 heteroatoms. The Bertz CT molecular complexity index is 593. The molecule has 2 heterocycles. The smallest absolute Gasteiger partial charge is 0.228 e. The summed E-state index contributed by atoms with van der Waals surface area (Å²) >= 11 is 6.31. The first-order chi connectivity index (χ1) is 10.6. The molecule has 0 radical (unpaired) electrons. The zero-order valence-electron chi connectivity index (χ0n) is 12.6. The summed E-state index contributed by atoms with van der Waals surface area (Å²) in [6.07, 6.45) is 0.314. The van der Waals surface area contributed by atoms with Crippen LogP contribution in [-0.2, 0) is 9.59 Å². The zero-order valence-corrected chi connectivity index (χ0v) is 13.3. The van der Waals surface area contributed by atoms with E-state index >= 15 is 0 Å². The van der Waals surface area contributed by atoms with Gasteiger partial charge in [0.2, 0.25) is 11.8 Å². The van der Waals surface area contributed by atoms with Crippen molar-refractivity contribution in [1.82, 2.24) is 15.1 Å². The third-order valence-corrected chi connectivity index (χ3v) is 4.83. The van der Waals surface area contributed by atoms with Crippen LogP contribution in [0.25, 0.3) is 0 Å². The molecule has 2 amide bonds. The summed E-state index contributed by atoms with van der Waals surface area (Å²) in [6.45, 7) is 2.61. The lowest BCUT2D eigenvalue weighted by atomic mass is 9.99. The molecule has 1 aromatic carbocycles. The molecule has 2 fully saturated rings. The van der Waals surface area contributed by atoms with Gasteiger partial charge in [-0.2, -0.15) is 0 Å². The topological polar surface area (TPSA) is 52.7 Å². The van der Waals surface area contributed by atoms with Gasteiger partial charge in [0.25, 0.3) is 0 Å². The Morgan fingerprint density at radius 2 is 2.14 bits per heavy atom. The maximum absolute atomic E-state index is 12.9. The first-order valence-corrected chi connectivity index (χ1v) is 7.95. The summed E-state index contributed by atoms with van der Waals surface area (Å²) < 4.78 is 0. The van der Waals surface area contributed by atoms with Crippen LogP contribution in [0.4, 0.5) is 0 Å². The normalized spacial score (nSPS) is 25.6. The average Bonchev–Trinajstić information content (AvgIpc) is 2.87. The van der Waals surface area contributed by atoms with Gasteiger partial charge in [0.1, 0.15) is 0 Å². The van der Waals surface area contributed by atoms with E-state index in [1.807, 2.05) is 29.2 Å². The molecule has 0 spiro atoms. The summed E-state index contributed by atoms with van der Waals surface area (Å²) in [5, 5.41) is 4.00. The molecule has 5 nitrogen and oxygen atoms in total. The molecule has 1 aromatic rings. The number of likely N-dealkylation sites (tertiary alicyclic amines) is 1. The Morgan fingerprint density at radius 3 is 2.82 bits per heavy atom. The van der Waals surface area contributed by atoms with Gasteiger partial charge >= 0.3 is 0 Å². The third kappa shape index (κ3) is 2.83. The fraction of sp³-hybridized carbons (Fsp3) is 0.500. The van der Waals surface area contributed by atoms with Crippen LogP contribution in [-0.4, -0.2) is 54.8 Å². The largest absolute Gasteiger partial charge is 0.345 e. The number of rotatable bonds is 2. The van der Waals surface area contributed by atoms with Gasteiger partial charge in [-0.3, -0.25) is 9.59 Å². The first-order valence-electron chi connectivity index (χ1n) is 7.57. The van der Waals surface area contributed by atoms with Gasteiger partial charge in [-0.05, 0) is 11.6 Å². The lowest BCUT2D eigenvalue weighted by Gasteiger charge is -2.38. The van der Waals surface area contributed by atoms with Crippen LogP contribution in [0, 0.1) is 5.92 Å². The molecule has 0 saturated carbocycles. The molecule has 22 heavy (non-hydrogen) atoms. The minimum absolute atomic E-state index is 0.0442. The highest BCUT2D eigenvalue weighted by Gasteiger charge is 2.38. The molecule has 118 valence electrons. The number of carbonyl (C=O) groups excluding carboxylic acids is 2. The second-order valence-corrected chi connectivity index (χ2v) is 6.36. The van der Waals surface area contributed by atoms with Crippen molar-refractivity contribution in [2.45, 2.75) is 12.5 Å². The SMILES string of the molecule is CN1CC(C(=O)N2CCNCC2c2ccccc2Cl)CC1=O. The van der Waals surface area contributed by atoms with E-state index in [0.29, 0.717) is 31.1 Å². The van der Waals surface area contributed by atoms with Crippen LogP contribution in [0.15, 0.2) is 24.3 Å². The van der Waals surface area contributed by atoms with Crippen molar-refractivity contribution in [3.8, 4) is 0 Å². The number of carbonyl (C=O) groups is 2. The number of nitrogens with one attached hydrogen (secondary N) is 1. The summed E-state index contributed by atoms with van der Waals surface area (Å²) in [5.41, 5.74) is 0.961. The number of hydrogen-bond donors (Lipinski definition) is 1. The predicted octanol–water partition coefficient (Wildman–Crippen LogP) is 1.29. The maximum atomic E-state index is 12.9. The average molecular weight is 322 g/mol. The van der Waals surface area contributed by atoms with E-state index in [-0.39, 0.29) is 23.8 Å². The highest BCUT2D eigenvalue weighted by Crippen LogP contribution is 2.31. The first kappa shape index (κ1) is 15.3. The lowest BCUT2D eigenvalue weighted by molar-refractivity contribution is -0.139. The fourth-order valence-corrected chi connectivity index (χ4v) is 3.52. The number of halogens is 1. The second kappa shape index (κ2) is 6.26. The van der Waals surface area contributed by atoms with Gasteiger partial charge < -0.3 is 15.1 Å². The van der Waals surface area contributed by atoms with Crippen molar-refractivity contribution >= 4 is 23.4 Å². The maximum Gasteiger partial charge on any atom is 0.228 e. The summed E-state index contributed by atoms with van der Waals surface area (Å²) in [4.78, 5) is 28.1. The number of nitrogens with zero attached hydrogens (tertiary/aromatic N) is 2. The minimum Gasteiger partial charge on any atom is -0.345 e. The number of amides is 2. The molecule has 2 unspecified atom stereocenters. The van der Waals surface area contributed by atoms with Crippen molar-refractivity contribution in [2.24, 2.45) is 5.92 Å². The van der Waals surface area contributed by atoms with E-state index in [9.17, 15) is 9.59 Å². The lowest BCUT2D eigenvalue weighted by Crippen LogP contribution is -2.50. The molecular formula is C16H20ClN3O2. The Kier molecular flexibility index (Phi) is 4.36. The highest BCUT2D eigenvalue weighted by atomic mass is 35.5. The van der Waals surface area contributed by atoms with E-state index < -0.39 is 0 Å². The van der Waals surface area contributed by atoms with Crippen molar-refractivity contribution in [2.75, 3.05) is 33.2 Å². The quantitative estimate of drug-likeness (QED) is 0.893. The molecule has 0 bridgehead atoms. The molecular weight excluding hydrogens is 302 g/mol. The molecule has 0 aliphatic carbocycles. The highest BCUT2D eigenvalue weighted by molar-refractivity contribution is 6.31. The van der Waals surface area contributed by atoms with Gasteiger partial charge in [0.05, 0.1) is 12.0 Å². The molecule has 2 saturated heterocycles. The molecule has 2 aliphatic heterocycles. The fourth-order valence-electron chi connectivity index (χ4n) is 3.25. The Labute approximate surface area is 135 Å². The molecule has 1 N–H and O–H groups in total. The summed E-state index contributed by atoms with van der Waals surface area (Å²) in [7, 11) is 1.75. The Hall–Kier alpha value is -1.59. The van der Waals surface area contributed by atoms with Crippen molar-refractivity contribution in [3.05, 3.63) is 34.9 Å². The van der Waals surface area contributed by atoms with Crippen molar-refractivity contribution in [3.63, 3.8) is 0 Å². The summed E-state index contributed by atoms with van der Waals surface area (Å²) in [5.74, 6) is -0.132.